The minimum Gasteiger partial charge on any atom is -0.317 e. The molecule has 3 rings (SSSR count). The zero-order chi connectivity index (χ0) is 13.2. The largest absolute Gasteiger partial charge is 0.317 e. The van der Waals surface area contributed by atoms with Crippen LogP contribution in [0.25, 0.3) is 0 Å². The average molecular weight is 262 g/mol. The molecule has 0 radical (unpaired) electrons. The summed E-state index contributed by atoms with van der Waals surface area (Å²) in [5, 5.41) is 7.93. The molecule has 0 spiro atoms. The third-order valence-electron chi connectivity index (χ3n) is 4.48. The van der Waals surface area contributed by atoms with E-state index in [0.717, 1.165) is 24.2 Å². The highest BCUT2D eigenvalue weighted by atomic mass is 15.3. The predicted molar refractivity (Wildman–Crippen MR) is 77.0 cm³/mol. The summed E-state index contributed by atoms with van der Waals surface area (Å²) in [5.41, 5.74) is 2.49. The molecule has 0 bridgehead atoms. The van der Waals surface area contributed by atoms with E-state index >= 15 is 0 Å². The van der Waals surface area contributed by atoms with E-state index < -0.39 is 0 Å². The minimum absolute atomic E-state index is 0.838. The molecule has 19 heavy (non-hydrogen) atoms. The first kappa shape index (κ1) is 13.1. The lowest BCUT2D eigenvalue weighted by molar-refractivity contribution is 0.186. The molecule has 1 saturated carbocycles. The zero-order valence-electron chi connectivity index (χ0n) is 12.2. The van der Waals surface area contributed by atoms with Gasteiger partial charge < -0.3 is 5.32 Å². The number of hydrogen-bond acceptors (Lipinski definition) is 3. The highest BCUT2D eigenvalue weighted by Crippen LogP contribution is 2.30. The molecule has 1 aromatic rings. The quantitative estimate of drug-likeness (QED) is 0.876. The van der Waals surface area contributed by atoms with Crippen molar-refractivity contribution in [3.8, 4) is 0 Å². The molecule has 1 aromatic heterocycles. The highest BCUT2D eigenvalue weighted by molar-refractivity contribution is 5.09. The second-order valence-corrected chi connectivity index (χ2v) is 6.25. The van der Waals surface area contributed by atoms with Crippen molar-refractivity contribution in [2.24, 2.45) is 13.0 Å². The van der Waals surface area contributed by atoms with Gasteiger partial charge in [0.2, 0.25) is 0 Å². The van der Waals surface area contributed by atoms with Crippen LogP contribution in [0, 0.1) is 12.8 Å². The lowest BCUT2D eigenvalue weighted by Gasteiger charge is -2.30. The molecule has 1 aliphatic carbocycles. The van der Waals surface area contributed by atoms with Crippen LogP contribution in [0.5, 0.6) is 0 Å². The Hall–Kier alpha value is -0.870. The van der Waals surface area contributed by atoms with Gasteiger partial charge in [0.25, 0.3) is 0 Å². The third-order valence-corrected chi connectivity index (χ3v) is 4.48. The van der Waals surface area contributed by atoms with Gasteiger partial charge in [0, 0.05) is 26.2 Å². The summed E-state index contributed by atoms with van der Waals surface area (Å²) in [6.07, 6.45) is 5.46. The summed E-state index contributed by atoms with van der Waals surface area (Å²) in [6.45, 7) is 6.84. The van der Waals surface area contributed by atoms with Crippen LogP contribution in [-0.2, 0) is 13.6 Å². The fourth-order valence-electron chi connectivity index (χ4n) is 3.20. The summed E-state index contributed by atoms with van der Waals surface area (Å²) in [5.74, 6) is 0.885. The van der Waals surface area contributed by atoms with Crippen molar-refractivity contribution in [1.29, 1.82) is 0 Å². The molecule has 2 fully saturated rings. The number of nitrogens with one attached hydrogen (secondary N) is 1. The molecule has 4 nitrogen and oxygen atoms in total. The van der Waals surface area contributed by atoms with Crippen LogP contribution in [-0.4, -0.2) is 40.4 Å². The Morgan fingerprint density at radius 2 is 2.05 bits per heavy atom. The molecule has 4 heteroatoms. The van der Waals surface area contributed by atoms with Crippen LogP contribution in [0.2, 0.25) is 0 Å². The molecule has 1 N–H and O–H groups in total. The van der Waals surface area contributed by atoms with Crippen LogP contribution >= 0.6 is 0 Å². The van der Waals surface area contributed by atoms with E-state index in [2.05, 4.69) is 35.4 Å². The molecule has 0 atom stereocenters. The monoisotopic (exact) mass is 262 g/mol. The fraction of sp³-hybridized carbons (Fsp3) is 0.800. The normalized spacial score (nSPS) is 21.2. The number of piperidine rings is 1. The Labute approximate surface area is 116 Å². The molecule has 1 saturated heterocycles. The molecular weight excluding hydrogens is 236 g/mol. The van der Waals surface area contributed by atoms with Crippen molar-refractivity contribution in [3.63, 3.8) is 0 Å². The van der Waals surface area contributed by atoms with Gasteiger partial charge in [-0.2, -0.15) is 5.10 Å². The maximum absolute atomic E-state index is 4.47. The first-order chi connectivity index (χ1) is 9.22. The van der Waals surface area contributed by atoms with Crippen molar-refractivity contribution in [2.75, 3.05) is 19.6 Å². The lowest BCUT2D eigenvalue weighted by atomic mass is 9.97. The average Bonchev–Trinajstić information content (AvgIpc) is 3.18. The van der Waals surface area contributed by atoms with E-state index in [1.807, 2.05) is 4.68 Å². The van der Waals surface area contributed by atoms with Crippen molar-refractivity contribution in [3.05, 3.63) is 17.5 Å². The Bertz CT molecular complexity index is 416. The van der Waals surface area contributed by atoms with Crippen LogP contribution in [0.1, 0.15) is 37.1 Å². The molecule has 0 amide bonds. The van der Waals surface area contributed by atoms with E-state index in [1.165, 1.54) is 51.0 Å². The van der Waals surface area contributed by atoms with Gasteiger partial charge in [-0.3, -0.25) is 9.58 Å². The number of hydrogen-bond donors (Lipinski definition) is 1. The summed E-state index contributed by atoms with van der Waals surface area (Å²) in [7, 11) is 2.07. The van der Waals surface area contributed by atoms with Gasteiger partial charge in [0.15, 0.2) is 0 Å². The second kappa shape index (κ2) is 5.63. The van der Waals surface area contributed by atoms with E-state index in [0.29, 0.717) is 0 Å². The topological polar surface area (TPSA) is 33.1 Å². The second-order valence-electron chi connectivity index (χ2n) is 6.25. The molecule has 2 heterocycles. The van der Waals surface area contributed by atoms with Crippen LogP contribution in [0.4, 0.5) is 0 Å². The Morgan fingerprint density at radius 3 is 2.63 bits per heavy atom. The molecule has 0 unspecified atom stereocenters. The Morgan fingerprint density at radius 1 is 1.32 bits per heavy atom. The van der Waals surface area contributed by atoms with Gasteiger partial charge in [0.1, 0.15) is 0 Å². The van der Waals surface area contributed by atoms with E-state index in [9.17, 15) is 0 Å². The summed E-state index contributed by atoms with van der Waals surface area (Å²) in [6, 6.07) is 3.07. The Balaban J connectivity index is 1.62. The van der Waals surface area contributed by atoms with Gasteiger partial charge in [-0.15, -0.1) is 0 Å². The van der Waals surface area contributed by atoms with Gasteiger partial charge >= 0.3 is 0 Å². The van der Waals surface area contributed by atoms with Gasteiger partial charge in [-0.25, -0.2) is 0 Å². The van der Waals surface area contributed by atoms with E-state index in [1.54, 1.807) is 0 Å². The van der Waals surface area contributed by atoms with E-state index in [-0.39, 0.29) is 0 Å². The maximum Gasteiger partial charge on any atom is 0.0597 e. The van der Waals surface area contributed by atoms with Crippen LogP contribution in [0.3, 0.4) is 0 Å². The number of rotatable bonds is 5. The van der Waals surface area contributed by atoms with Crippen LogP contribution < -0.4 is 5.32 Å². The molecule has 1 aliphatic heterocycles. The first-order valence-corrected chi connectivity index (χ1v) is 7.66. The van der Waals surface area contributed by atoms with Crippen LogP contribution in [0.15, 0.2) is 6.07 Å². The SMILES string of the molecule is Cc1cc(CN(CC2CCNCC2)C2CC2)n(C)n1. The lowest BCUT2D eigenvalue weighted by Crippen LogP contribution is -2.37. The smallest absolute Gasteiger partial charge is 0.0597 e. The maximum atomic E-state index is 4.47. The third kappa shape index (κ3) is 3.37. The molecular formula is C15H26N4. The zero-order valence-corrected chi connectivity index (χ0v) is 12.2. The summed E-state index contributed by atoms with van der Waals surface area (Å²) in [4.78, 5) is 2.70. The minimum atomic E-state index is 0.838. The molecule has 2 aliphatic rings. The van der Waals surface area contributed by atoms with Crippen molar-refractivity contribution in [1.82, 2.24) is 20.0 Å². The predicted octanol–water partition coefficient (Wildman–Crippen LogP) is 1.69. The molecule has 106 valence electrons. The fourth-order valence-corrected chi connectivity index (χ4v) is 3.20. The number of aromatic nitrogens is 2. The van der Waals surface area contributed by atoms with Gasteiger partial charge in [-0.1, -0.05) is 0 Å². The van der Waals surface area contributed by atoms with E-state index in [4.69, 9.17) is 0 Å². The standard InChI is InChI=1S/C15H26N4/c1-12-9-15(18(2)17-12)11-19(14-3-4-14)10-13-5-7-16-8-6-13/h9,13-14,16H,3-8,10-11H2,1-2H3. The first-order valence-electron chi connectivity index (χ1n) is 7.66. The van der Waals surface area contributed by atoms with Crippen molar-refractivity contribution < 1.29 is 0 Å². The summed E-state index contributed by atoms with van der Waals surface area (Å²) < 4.78 is 2.05. The Kier molecular flexibility index (Phi) is 3.89. The molecule has 0 aromatic carbocycles. The van der Waals surface area contributed by atoms with Crippen molar-refractivity contribution in [2.45, 2.75) is 45.2 Å². The highest BCUT2D eigenvalue weighted by Gasteiger charge is 2.31. The number of nitrogens with zero attached hydrogens (tertiary/aromatic N) is 3. The van der Waals surface area contributed by atoms with Crippen molar-refractivity contribution >= 4 is 0 Å². The van der Waals surface area contributed by atoms with Gasteiger partial charge in [0.05, 0.1) is 11.4 Å². The number of aryl methyl sites for hydroxylation is 2. The summed E-state index contributed by atoms with van der Waals surface area (Å²) >= 11 is 0. The van der Waals surface area contributed by atoms with Gasteiger partial charge in [-0.05, 0) is 57.7 Å².